The summed E-state index contributed by atoms with van der Waals surface area (Å²) in [7, 11) is 1.56. The van der Waals surface area contributed by atoms with Crippen LogP contribution in [-0.2, 0) is 22.2 Å². The summed E-state index contributed by atoms with van der Waals surface area (Å²) < 4.78 is 53.8. The second kappa shape index (κ2) is 8.86. The SMILES string of the molecule is CCOCOc1ccc(CNCCOC)cc1C(F)(F)F. The van der Waals surface area contributed by atoms with Gasteiger partial charge in [0.1, 0.15) is 5.75 Å². The van der Waals surface area contributed by atoms with Crippen molar-refractivity contribution in [3.63, 3.8) is 0 Å². The summed E-state index contributed by atoms with van der Waals surface area (Å²) in [4.78, 5) is 0. The molecule has 0 aromatic heterocycles. The molecule has 0 radical (unpaired) electrons. The van der Waals surface area contributed by atoms with E-state index < -0.39 is 11.7 Å². The van der Waals surface area contributed by atoms with Crippen LogP contribution < -0.4 is 10.1 Å². The standard InChI is InChI=1S/C14H20F3NO3/c1-3-20-10-21-13-5-4-11(9-18-6-7-19-2)8-12(13)14(15,16)17/h4-5,8,18H,3,6-7,9-10H2,1-2H3. The third-order valence-corrected chi connectivity index (χ3v) is 2.66. The zero-order chi connectivity index (χ0) is 15.7. The third kappa shape index (κ3) is 6.33. The number of methoxy groups -OCH3 is 1. The first-order chi connectivity index (χ1) is 9.99. The van der Waals surface area contributed by atoms with E-state index in [0.717, 1.165) is 6.07 Å². The van der Waals surface area contributed by atoms with E-state index in [2.05, 4.69) is 5.32 Å². The number of benzene rings is 1. The molecule has 0 saturated carbocycles. The van der Waals surface area contributed by atoms with Crippen molar-refractivity contribution in [1.82, 2.24) is 5.32 Å². The third-order valence-electron chi connectivity index (χ3n) is 2.66. The lowest BCUT2D eigenvalue weighted by atomic mass is 10.1. The number of hydrogen-bond donors (Lipinski definition) is 1. The highest BCUT2D eigenvalue weighted by molar-refractivity contribution is 5.39. The Morgan fingerprint density at radius 1 is 1.24 bits per heavy atom. The summed E-state index contributed by atoms with van der Waals surface area (Å²) in [5, 5.41) is 3.00. The van der Waals surface area contributed by atoms with Crippen molar-refractivity contribution in [2.75, 3.05) is 33.7 Å². The van der Waals surface area contributed by atoms with Gasteiger partial charge in [0.15, 0.2) is 6.79 Å². The van der Waals surface area contributed by atoms with Gasteiger partial charge in [-0.2, -0.15) is 13.2 Å². The van der Waals surface area contributed by atoms with Crippen LogP contribution in [0, 0.1) is 0 Å². The Morgan fingerprint density at radius 3 is 2.62 bits per heavy atom. The topological polar surface area (TPSA) is 39.7 Å². The van der Waals surface area contributed by atoms with Crippen LogP contribution >= 0.6 is 0 Å². The van der Waals surface area contributed by atoms with E-state index >= 15 is 0 Å². The maximum atomic E-state index is 13.0. The molecule has 0 unspecified atom stereocenters. The van der Waals surface area contributed by atoms with Gasteiger partial charge in [-0.05, 0) is 24.6 Å². The average molecular weight is 307 g/mol. The monoisotopic (exact) mass is 307 g/mol. The molecule has 0 aliphatic carbocycles. The van der Waals surface area contributed by atoms with E-state index in [9.17, 15) is 13.2 Å². The molecule has 0 bridgehead atoms. The van der Waals surface area contributed by atoms with Gasteiger partial charge >= 0.3 is 6.18 Å². The molecule has 0 atom stereocenters. The average Bonchev–Trinajstić information content (AvgIpc) is 2.44. The zero-order valence-corrected chi connectivity index (χ0v) is 12.1. The lowest BCUT2D eigenvalue weighted by molar-refractivity contribution is -0.139. The number of alkyl halides is 3. The number of hydrogen-bond acceptors (Lipinski definition) is 4. The van der Waals surface area contributed by atoms with E-state index in [-0.39, 0.29) is 12.5 Å². The summed E-state index contributed by atoms with van der Waals surface area (Å²) >= 11 is 0. The summed E-state index contributed by atoms with van der Waals surface area (Å²) in [6, 6.07) is 3.99. The van der Waals surface area contributed by atoms with E-state index in [0.29, 0.717) is 31.9 Å². The molecule has 120 valence electrons. The molecule has 1 aromatic carbocycles. The van der Waals surface area contributed by atoms with Crippen LogP contribution in [0.4, 0.5) is 13.2 Å². The number of halogens is 3. The molecule has 1 rings (SSSR count). The zero-order valence-electron chi connectivity index (χ0n) is 12.1. The van der Waals surface area contributed by atoms with Gasteiger partial charge in [0.05, 0.1) is 12.2 Å². The fourth-order valence-electron chi connectivity index (χ4n) is 1.63. The molecule has 4 nitrogen and oxygen atoms in total. The number of nitrogens with one attached hydrogen (secondary N) is 1. The molecule has 0 aliphatic heterocycles. The Morgan fingerprint density at radius 2 is 2.00 bits per heavy atom. The minimum absolute atomic E-state index is 0.203. The molecule has 0 heterocycles. The van der Waals surface area contributed by atoms with Gasteiger partial charge < -0.3 is 19.5 Å². The van der Waals surface area contributed by atoms with Crippen LogP contribution in [0.15, 0.2) is 18.2 Å². The second-order valence-electron chi connectivity index (χ2n) is 4.25. The maximum absolute atomic E-state index is 13.0. The van der Waals surface area contributed by atoms with Crippen LogP contribution in [-0.4, -0.2) is 33.7 Å². The largest absolute Gasteiger partial charge is 0.467 e. The fraction of sp³-hybridized carbons (Fsp3) is 0.571. The van der Waals surface area contributed by atoms with Crippen LogP contribution in [0.3, 0.4) is 0 Å². The van der Waals surface area contributed by atoms with Crippen molar-refractivity contribution in [1.29, 1.82) is 0 Å². The van der Waals surface area contributed by atoms with E-state index in [4.69, 9.17) is 14.2 Å². The highest BCUT2D eigenvalue weighted by atomic mass is 19.4. The van der Waals surface area contributed by atoms with E-state index in [1.165, 1.54) is 6.07 Å². The Kier molecular flexibility index (Phi) is 7.49. The van der Waals surface area contributed by atoms with Crippen molar-refractivity contribution in [2.24, 2.45) is 0 Å². The van der Waals surface area contributed by atoms with Gasteiger partial charge in [0, 0.05) is 26.8 Å². The molecule has 21 heavy (non-hydrogen) atoms. The maximum Gasteiger partial charge on any atom is 0.419 e. The van der Waals surface area contributed by atoms with Crippen molar-refractivity contribution >= 4 is 0 Å². The van der Waals surface area contributed by atoms with Gasteiger partial charge in [0.25, 0.3) is 0 Å². The van der Waals surface area contributed by atoms with E-state index in [1.54, 1.807) is 20.1 Å². The Labute approximate surface area is 122 Å². The molecule has 0 amide bonds. The minimum atomic E-state index is -4.47. The molecular formula is C14H20F3NO3. The van der Waals surface area contributed by atoms with Crippen molar-refractivity contribution < 1.29 is 27.4 Å². The number of ether oxygens (including phenoxy) is 3. The molecule has 0 aliphatic rings. The molecule has 0 saturated heterocycles. The quantitative estimate of drug-likeness (QED) is 0.562. The predicted molar refractivity (Wildman–Crippen MR) is 72.1 cm³/mol. The number of rotatable bonds is 9. The van der Waals surface area contributed by atoms with Crippen LogP contribution in [0.25, 0.3) is 0 Å². The highest BCUT2D eigenvalue weighted by Crippen LogP contribution is 2.36. The van der Waals surface area contributed by atoms with E-state index in [1.807, 2.05) is 0 Å². The van der Waals surface area contributed by atoms with Crippen molar-refractivity contribution in [2.45, 2.75) is 19.6 Å². The highest BCUT2D eigenvalue weighted by Gasteiger charge is 2.34. The molecule has 0 spiro atoms. The summed E-state index contributed by atoms with van der Waals surface area (Å²) in [6.07, 6.45) is -4.47. The van der Waals surface area contributed by atoms with Crippen molar-refractivity contribution in [3.8, 4) is 5.75 Å². The molecule has 1 N–H and O–H groups in total. The van der Waals surface area contributed by atoms with Crippen LogP contribution in [0.2, 0.25) is 0 Å². The molecule has 1 aromatic rings. The summed E-state index contributed by atoms with van der Waals surface area (Å²) in [6.45, 7) is 3.32. The first-order valence-electron chi connectivity index (χ1n) is 6.59. The summed E-state index contributed by atoms with van der Waals surface area (Å²) in [5.74, 6) is -0.225. The predicted octanol–water partition coefficient (Wildman–Crippen LogP) is 2.81. The normalized spacial score (nSPS) is 11.7. The van der Waals surface area contributed by atoms with Gasteiger partial charge in [-0.3, -0.25) is 0 Å². The Hall–Kier alpha value is -1.31. The molecular weight excluding hydrogens is 287 g/mol. The Balaban J connectivity index is 2.76. The Bertz CT molecular complexity index is 424. The minimum Gasteiger partial charge on any atom is -0.467 e. The van der Waals surface area contributed by atoms with Crippen molar-refractivity contribution in [3.05, 3.63) is 29.3 Å². The second-order valence-corrected chi connectivity index (χ2v) is 4.25. The van der Waals surface area contributed by atoms with Gasteiger partial charge in [-0.15, -0.1) is 0 Å². The summed E-state index contributed by atoms with van der Waals surface area (Å²) in [5.41, 5.74) is -0.268. The van der Waals surface area contributed by atoms with Crippen LogP contribution in [0.1, 0.15) is 18.1 Å². The first kappa shape index (κ1) is 17.7. The van der Waals surface area contributed by atoms with Crippen LogP contribution in [0.5, 0.6) is 5.75 Å². The van der Waals surface area contributed by atoms with Gasteiger partial charge in [0.2, 0.25) is 0 Å². The lowest BCUT2D eigenvalue weighted by Crippen LogP contribution is -2.19. The molecule has 0 fully saturated rings. The first-order valence-corrected chi connectivity index (χ1v) is 6.59. The molecule has 7 heteroatoms. The van der Waals surface area contributed by atoms with Gasteiger partial charge in [-0.25, -0.2) is 0 Å². The smallest absolute Gasteiger partial charge is 0.419 e. The fourth-order valence-corrected chi connectivity index (χ4v) is 1.63. The lowest BCUT2D eigenvalue weighted by Gasteiger charge is -2.15. The van der Waals surface area contributed by atoms with Gasteiger partial charge in [-0.1, -0.05) is 6.07 Å².